The molecule has 1 unspecified atom stereocenters. The van der Waals surface area contributed by atoms with Gasteiger partial charge in [0.25, 0.3) is 5.91 Å². The number of amides is 2. The smallest absolute Gasteiger partial charge is 0.251 e. The van der Waals surface area contributed by atoms with Crippen LogP contribution in [0.5, 0.6) is 0 Å². The lowest BCUT2D eigenvalue weighted by atomic mass is 10.2. The monoisotopic (exact) mass is 387 g/mol. The van der Waals surface area contributed by atoms with Crippen molar-refractivity contribution in [3.63, 3.8) is 0 Å². The van der Waals surface area contributed by atoms with E-state index in [1.165, 1.54) is 0 Å². The van der Waals surface area contributed by atoms with Crippen molar-refractivity contribution in [2.75, 3.05) is 30.3 Å². The molecule has 2 aromatic rings. The van der Waals surface area contributed by atoms with Crippen LogP contribution in [-0.2, 0) is 9.53 Å². The van der Waals surface area contributed by atoms with Crippen molar-refractivity contribution in [1.82, 2.24) is 5.32 Å². The van der Waals surface area contributed by atoms with Gasteiger partial charge in [0.15, 0.2) is 0 Å². The average Bonchev–Trinajstić information content (AvgIpc) is 3.19. The van der Waals surface area contributed by atoms with Crippen molar-refractivity contribution in [2.45, 2.75) is 18.9 Å². The standard InChI is InChI=1S/C20H22ClN3O3/c21-15-3-1-4-17(11-15)22-13-19(25)24-16-8-6-14(7-9-16)20(26)23-12-18-5-2-10-27-18/h1,3-4,6-9,11,18,22H,2,5,10,12-13H2,(H,23,26)(H,24,25). The van der Waals surface area contributed by atoms with Crippen LogP contribution in [0.4, 0.5) is 11.4 Å². The predicted octanol–water partition coefficient (Wildman–Crippen LogP) is 3.30. The van der Waals surface area contributed by atoms with Crippen molar-refractivity contribution in [2.24, 2.45) is 0 Å². The highest BCUT2D eigenvalue weighted by Gasteiger charge is 2.16. The summed E-state index contributed by atoms with van der Waals surface area (Å²) in [6.07, 6.45) is 2.13. The van der Waals surface area contributed by atoms with Gasteiger partial charge in [0.1, 0.15) is 0 Å². The third-order valence-corrected chi connectivity index (χ3v) is 4.46. The van der Waals surface area contributed by atoms with Crippen LogP contribution in [0.3, 0.4) is 0 Å². The lowest BCUT2D eigenvalue weighted by Crippen LogP contribution is -2.31. The number of rotatable bonds is 7. The van der Waals surface area contributed by atoms with Crippen LogP contribution < -0.4 is 16.0 Å². The van der Waals surface area contributed by atoms with E-state index in [0.717, 1.165) is 25.1 Å². The fourth-order valence-electron chi connectivity index (χ4n) is 2.80. The zero-order valence-electron chi connectivity index (χ0n) is 14.8. The molecule has 3 rings (SSSR count). The van der Waals surface area contributed by atoms with Crippen molar-refractivity contribution in [3.05, 3.63) is 59.1 Å². The van der Waals surface area contributed by atoms with E-state index in [9.17, 15) is 9.59 Å². The molecule has 0 spiro atoms. The molecule has 1 saturated heterocycles. The molecule has 6 nitrogen and oxygen atoms in total. The summed E-state index contributed by atoms with van der Waals surface area (Å²) in [5.74, 6) is -0.337. The zero-order chi connectivity index (χ0) is 19.1. The largest absolute Gasteiger partial charge is 0.376 e. The third kappa shape index (κ3) is 5.98. The second-order valence-corrected chi connectivity index (χ2v) is 6.77. The fourth-order valence-corrected chi connectivity index (χ4v) is 3.00. The summed E-state index contributed by atoms with van der Waals surface area (Å²) in [7, 11) is 0. The number of carbonyl (C=O) groups is 2. The van der Waals surface area contributed by atoms with Gasteiger partial charge in [-0.1, -0.05) is 17.7 Å². The Morgan fingerprint density at radius 2 is 1.93 bits per heavy atom. The van der Waals surface area contributed by atoms with E-state index in [2.05, 4.69) is 16.0 Å². The quantitative estimate of drug-likeness (QED) is 0.681. The summed E-state index contributed by atoms with van der Waals surface area (Å²) in [5.41, 5.74) is 1.95. The first-order chi connectivity index (χ1) is 13.1. The average molecular weight is 388 g/mol. The molecule has 0 aliphatic carbocycles. The minimum atomic E-state index is -0.189. The molecule has 1 atom stereocenters. The summed E-state index contributed by atoms with van der Waals surface area (Å²) in [5, 5.41) is 9.27. The number of anilines is 2. The SMILES string of the molecule is O=C(CNc1cccc(Cl)c1)Nc1ccc(C(=O)NCC2CCCO2)cc1. The first kappa shape index (κ1) is 19.2. The maximum absolute atomic E-state index is 12.1. The molecule has 3 N–H and O–H groups in total. The maximum atomic E-state index is 12.1. The minimum Gasteiger partial charge on any atom is -0.376 e. The van der Waals surface area contributed by atoms with E-state index in [-0.39, 0.29) is 24.5 Å². The fraction of sp³-hybridized carbons (Fsp3) is 0.300. The number of carbonyl (C=O) groups excluding carboxylic acids is 2. The molecule has 1 fully saturated rings. The van der Waals surface area contributed by atoms with Crippen LogP contribution in [0.15, 0.2) is 48.5 Å². The van der Waals surface area contributed by atoms with Crippen molar-refractivity contribution >= 4 is 34.8 Å². The van der Waals surface area contributed by atoms with Crippen LogP contribution in [-0.4, -0.2) is 37.6 Å². The Labute approximate surface area is 163 Å². The van der Waals surface area contributed by atoms with Crippen LogP contribution in [0.1, 0.15) is 23.2 Å². The number of ether oxygens (including phenoxy) is 1. The van der Waals surface area contributed by atoms with Crippen LogP contribution in [0.25, 0.3) is 0 Å². The van der Waals surface area contributed by atoms with Crippen LogP contribution >= 0.6 is 11.6 Å². The first-order valence-electron chi connectivity index (χ1n) is 8.89. The molecule has 27 heavy (non-hydrogen) atoms. The highest BCUT2D eigenvalue weighted by atomic mass is 35.5. The Morgan fingerprint density at radius 1 is 1.11 bits per heavy atom. The number of hydrogen-bond donors (Lipinski definition) is 3. The summed E-state index contributed by atoms with van der Waals surface area (Å²) >= 11 is 5.91. The Balaban J connectivity index is 1.45. The lowest BCUT2D eigenvalue weighted by Gasteiger charge is -2.11. The molecule has 0 bridgehead atoms. The van der Waals surface area contributed by atoms with Gasteiger partial charge < -0.3 is 20.7 Å². The normalized spacial score (nSPS) is 16.0. The maximum Gasteiger partial charge on any atom is 0.251 e. The molecular weight excluding hydrogens is 366 g/mol. The molecule has 1 aliphatic rings. The molecule has 0 aromatic heterocycles. The van der Waals surface area contributed by atoms with Gasteiger partial charge in [-0.15, -0.1) is 0 Å². The van der Waals surface area contributed by atoms with Gasteiger partial charge in [-0.2, -0.15) is 0 Å². The van der Waals surface area contributed by atoms with E-state index >= 15 is 0 Å². The zero-order valence-corrected chi connectivity index (χ0v) is 15.6. The van der Waals surface area contributed by atoms with Gasteiger partial charge in [-0.05, 0) is 55.3 Å². The summed E-state index contributed by atoms with van der Waals surface area (Å²) in [6, 6.07) is 13.9. The molecule has 2 amide bonds. The summed E-state index contributed by atoms with van der Waals surface area (Å²) < 4.78 is 5.49. The molecule has 0 radical (unpaired) electrons. The lowest BCUT2D eigenvalue weighted by molar-refractivity contribution is -0.114. The van der Waals surface area contributed by atoms with Crippen molar-refractivity contribution < 1.29 is 14.3 Å². The topological polar surface area (TPSA) is 79.5 Å². The highest BCUT2D eigenvalue weighted by Crippen LogP contribution is 2.15. The molecule has 142 valence electrons. The Hall–Kier alpha value is -2.57. The molecule has 0 saturated carbocycles. The van der Waals surface area contributed by atoms with E-state index in [4.69, 9.17) is 16.3 Å². The van der Waals surface area contributed by atoms with Gasteiger partial charge in [0, 0.05) is 35.1 Å². The number of benzene rings is 2. The second kappa shape index (κ2) is 9.39. The third-order valence-electron chi connectivity index (χ3n) is 4.22. The van der Waals surface area contributed by atoms with Crippen LogP contribution in [0.2, 0.25) is 5.02 Å². The van der Waals surface area contributed by atoms with Gasteiger partial charge in [0.2, 0.25) is 5.91 Å². The Bertz CT molecular complexity index is 789. The van der Waals surface area contributed by atoms with E-state index in [0.29, 0.717) is 22.8 Å². The van der Waals surface area contributed by atoms with E-state index < -0.39 is 0 Å². The molecule has 7 heteroatoms. The molecule has 1 aliphatic heterocycles. The highest BCUT2D eigenvalue weighted by molar-refractivity contribution is 6.30. The molecular formula is C20H22ClN3O3. The van der Waals surface area contributed by atoms with Gasteiger partial charge in [-0.3, -0.25) is 9.59 Å². The molecule has 1 heterocycles. The summed E-state index contributed by atoms with van der Waals surface area (Å²) in [6.45, 7) is 1.40. The number of nitrogens with one attached hydrogen (secondary N) is 3. The Kier molecular flexibility index (Phi) is 6.68. The first-order valence-corrected chi connectivity index (χ1v) is 9.27. The van der Waals surface area contributed by atoms with Gasteiger partial charge >= 0.3 is 0 Å². The number of hydrogen-bond acceptors (Lipinski definition) is 4. The summed E-state index contributed by atoms with van der Waals surface area (Å²) in [4.78, 5) is 24.2. The molecule has 2 aromatic carbocycles. The van der Waals surface area contributed by atoms with E-state index in [1.54, 1.807) is 36.4 Å². The van der Waals surface area contributed by atoms with Gasteiger partial charge in [0.05, 0.1) is 12.6 Å². The predicted molar refractivity (Wildman–Crippen MR) is 106 cm³/mol. The Morgan fingerprint density at radius 3 is 2.63 bits per heavy atom. The van der Waals surface area contributed by atoms with Crippen molar-refractivity contribution in [1.29, 1.82) is 0 Å². The van der Waals surface area contributed by atoms with Crippen LogP contribution in [0, 0.1) is 0 Å². The second-order valence-electron chi connectivity index (χ2n) is 6.33. The van der Waals surface area contributed by atoms with Gasteiger partial charge in [-0.25, -0.2) is 0 Å². The minimum absolute atomic E-state index is 0.111. The number of halogens is 1. The van der Waals surface area contributed by atoms with Crippen molar-refractivity contribution in [3.8, 4) is 0 Å². The van der Waals surface area contributed by atoms with E-state index in [1.807, 2.05) is 12.1 Å².